The van der Waals surface area contributed by atoms with Crippen molar-refractivity contribution in [2.45, 2.75) is 64.1 Å². The first-order valence-electron chi connectivity index (χ1n) is 9.69. The molecule has 0 aliphatic heterocycles. The summed E-state index contributed by atoms with van der Waals surface area (Å²) in [6, 6.07) is 0. The number of hydrogen-bond donors (Lipinski definition) is 3. The van der Waals surface area contributed by atoms with Crippen LogP contribution in [0.25, 0.3) is 0 Å². The molecule has 1 aliphatic rings. The Kier molecular flexibility index (Phi) is 11.3. The molecule has 0 heterocycles. The molecule has 150 valence electrons. The van der Waals surface area contributed by atoms with Crippen LogP contribution >= 0.6 is 0 Å². The van der Waals surface area contributed by atoms with Gasteiger partial charge < -0.3 is 15.3 Å². The zero-order valence-corrected chi connectivity index (χ0v) is 16.0. The molecule has 0 radical (unpaired) electrons. The fraction of sp³-hybridized carbons (Fsp3) is 0.545. The topological polar surface area (TPSA) is 94.8 Å². The molecule has 5 nitrogen and oxygen atoms in total. The lowest BCUT2D eigenvalue weighted by molar-refractivity contribution is -0.137. The summed E-state index contributed by atoms with van der Waals surface area (Å²) in [7, 11) is 0. The lowest BCUT2D eigenvalue weighted by atomic mass is 9.90. The third-order valence-corrected chi connectivity index (χ3v) is 4.62. The van der Waals surface area contributed by atoms with Crippen molar-refractivity contribution in [3.63, 3.8) is 0 Å². The molecule has 0 amide bonds. The molecule has 0 bridgehead atoms. The van der Waals surface area contributed by atoms with Gasteiger partial charge >= 0.3 is 5.97 Å². The molecule has 0 aromatic rings. The van der Waals surface area contributed by atoms with Crippen LogP contribution in [0.3, 0.4) is 0 Å². The van der Waals surface area contributed by atoms with Gasteiger partial charge in [0.25, 0.3) is 0 Å². The SMILES string of the molecule is CC/C=C\C/C=C\C/C=C\C[C@@H]1[C@@H](O)CC(=O)[C@@H]1/C=C/[C@@H](O)CCC(=O)O. The molecule has 0 aromatic carbocycles. The van der Waals surface area contributed by atoms with Crippen molar-refractivity contribution in [1.82, 2.24) is 0 Å². The van der Waals surface area contributed by atoms with Crippen LogP contribution < -0.4 is 0 Å². The molecular weight excluding hydrogens is 344 g/mol. The Morgan fingerprint density at radius 1 is 1.15 bits per heavy atom. The zero-order chi connectivity index (χ0) is 20.1. The molecule has 1 fully saturated rings. The second-order valence-electron chi connectivity index (χ2n) is 6.84. The molecule has 0 saturated heterocycles. The van der Waals surface area contributed by atoms with Gasteiger partial charge in [-0.3, -0.25) is 9.59 Å². The van der Waals surface area contributed by atoms with Gasteiger partial charge in [0.1, 0.15) is 5.78 Å². The Bertz CT molecular complexity index is 573. The minimum Gasteiger partial charge on any atom is -0.481 e. The maximum Gasteiger partial charge on any atom is 0.303 e. The third kappa shape index (κ3) is 9.50. The Morgan fingerprint density at radius 2 is 1.78 bits per heavy atom. The molecule has 0 spiro atoms. The van der Waals surface area contributed by atoms with Gasteiger partial charge in [-0.25, -0.2) is 0 Å². The lowest BCUT2D eigenvalue weighted by Crippen LogP contribution is -2.19. The lowest BCUT2D eigenvalue weighted by Gasteiger charge is -2.17. The molecule has 1 rings (SSSR count). The number of aliphatic hydroxyl groups is 2. The molecule has 4 atom stereocenters. The van der Waals surface area contributed by atoms with Gasteiger partial charge in [-0.2, -0.15) is 0 Å². The van der Waals surface area contributed by atoms with E-state index in [-0.39, 0.29) is 31.0 Å². The summed E-state index contributed by atoms with van der Waals surface area (Å²) in [4.78, 5) is 22.6. The fourth-order valence-corrected chi connectivity index (χ4v) is 3.10. The Labute approximate surface area is 161 Å². The number of carboxylic acid groups (broad SMARTS) is 1. The summed E-state index contributed by atoms with van der Waals surface area (Å²) in [5.74, 6) is -1.63. The van der Waals surface area contributed by atoms with Gasteiger partial charge in [0, 0.05) is 24.7 Å². The number of ketones is 1. The van der Waals surface area contributed by atoms with E-state index in [2.05, 4.69) is 31.2 Å². The standard InChI is InChI=1S/C22H32O5/c1-2-3-4-5-6-7-8-9-10-11-18-19(21(25)16-20(18)24)14-12-17(23)13-15-22(26)27/h3-4,6-7,9-10,12,14,17-20,23-24H,2,5,8,11,13,15-16H2,1H3,(H,26,27)/b4-3-,7-6-,10-9-,14-12+/t17-,18+,19-,20+/m1/s1. The number of aliphatic carboxylic acids is 1. The summed E-state index contributed by atoms with van der Waals surface area (Å²) < 4.78 is 0. The normalized spacial score (nSPS) is 24.9. The van der Waals surface area contributed by atoms with Crippen LogP contribution in [0.4, 0.5) is 0 Å². The molecular formula is C22H32O5. The highest BCUT2D eigenvalue weighted by Crippen LogP contribution is 2.33. The fourth-order valence-electron chi connectivity index (χ4n) is 3.10. The quantitative estimate of drug-likeness (QED) is 0.453. The van der Waals surface area contributed by atoms with E-state index in [1.165, 1.54) is 6.08 Å². The predicted octanol–water partition coefficient (Wildman–Crippen LogP) is 3.58. The highest BCUT2D eigenvalue weighted by molar-refractivity contribution is 5.86. The Hall–Kier alpha value is -1.98. The van der Waals surface area contributed by atoms with Crippen molar-refractivity contribution in [2.75, 3.05) is 0 Å². The predicted molar refractivity (Wildman–Crippen MR) is 106 cm³/mol. The van der Waals surface area contributed by atoms with Crippen molar-refractivity contribution in [3.8, 4) is 0 Å². The average Bonchev–Trinajstić information content (AvgIpc) is 2.89. The number of carbonyl (C=O) groups excluding carboxylic acids is 1. The second kappa shape index (κ2) is 13.2. The summed E-state index contributed by atoms with van der Waals surface area (Å²) in [6.45, 7) is 2.10. The van der Waals surface area contributed by atoms with Crippen molar-refractivity contribution in [1.29, 1.82) is 0 Å². The first-order valence-corrected chi connectivity index (χ1v) is 9.69. The van der Waals surface area contributed by atoms with Crippen molar-refractivity contribution in [2.24, 2.45) is 11.8 Å². The molecule has 3 N–H and O–H groups in total. The van der Waals surface area contributed by atoms with E-state index in [9.17, 15) is 19.8 Å². The average molecular weight is 376 g/mol. The smallest absolute Gasteiger partial charge is 0.303 e. The highest BCUT2D eigenvalue weighted by atomic mass is 16.4. The molecule has 1 saturated carbocycles. The molecule has 0 aromatic heterocycles. The van der Waals surface area contributed by atoms with E-state index in [1.54, 1.807) is 6.08 Å². The monoisotopic (exact) mass is 376 g/mol. The van der Waals surface area contributed by atoms with Crippen LogP contribution in [0.2, 0.25) is 0 Å². The first kappa shape index (κ1) is 23.1. The molecule has 1 aliphatic carbocycles. The van der Waals surface area contributed by atoms with Gasteiger partial charge in [0.2, 0.25) is 0 Å². The number of Topliss-reactive ketones (excluding diaryl/α,β-unsaturated/α-hetero) is 1. The van der Waals surface area contributed by atoms with Gasteiger partial charge in [-0.1, -0.05) is 55.5 Å². The van der Waals surface area contributed by atoms with Crippen molar-refractivity contribution in [3.05, 3.63) is 48.6 Å². The third-order valence-electron chi connectivity index (χ3n) is 4.62. The largest absolute Gasteiger partial charge is 0.481 e. The number of rotatable bonds is 12. The second-order valence-corrected chi connectivity index (χ2v) is 6.84. The van der Waals surface area contributed by atoms with Gasteiger partial charge in [-0.15, -0.1) is 0 Å². The Balaban J connectivity index is 2.48. The van der Waals surface area contributed by atoms with Crippen LogP contribution in [0, 0.1) is 11.8 Å². The number of aliphatic hydroxyl groups excluding tert-OH is 2. The number of carbonyl (C=O) groups is 2. The highest BCUT2D eigenvalue weighted by Gasteiger charge is 2.39. The van der Waals surface area contributed by atoms with Crippen LogP contribution in [0.15, 0.2) is 48.6 Å². The van der Waals surface area contributed by atoms with E-state index in [0.717, 1.165) is 19.3 Å². The summed E-state index contributed by atoms with van der Waals surface area (Å²) in [5.41, 5.74) is 0. The maximum absolute atomic E-state index is 12.1. The van der Waals surface area contributed by atoms with Gasteiger partial charge in [-0.05, 0) is 32.1 Å². The van der Waals surface area contributed by atoms with Crippen LogP contribution in [-0.4, -0.2) is 39.3 Å². The summed E-state index contributed by atoms with van der Waals surface area (Å²) in [6.07, 6.45) is 17.5. The Morgan fingerprint density at radius 3 is 2.41 bits per heavy atom. The molecule has 0 unspecified atom stereocenters. The van der Waals surface area contributed by atoms with Gasteiger partial charge in [0.05, 0.1) is 12.2 Å². The minimum absolute atomic E-state index is 0.0369. The van der Waals surface area contributed by atoms with Crippen LogP contribution in [-0.2, 0) is 9.59 Å². The number of hydrogen-bond acceptors (Lipinski definition) is 4. The van der Waals surface area contributed by atoms with Crippen molar-refractivity contribution < 1.29 is 24.9 Å². The molecule has 5 heteroatoms. The summed E-state index contributed by atoms with van der Waals surface area (Å²) >= 11 is 0. The zero-order valence-electron chi connectivity index (χ0n) is 16.0. The van der Waals surface area contributed by atoms with Gasteiger partial charge in [0.15, 0.2) is 0 Å². The van der Waals surface area contributed by atoms with Crippen LogP contribution in [0.1, 0.15) is 51.9 Å². The van der Waals surface area contributed by atoms with E-state index < -0.39 is 24.1 Å². The number of carboxylic acids is 1. The maximum atomic E-state index is 12.1. The van der Waals surface area contributed by atoms with E-state index in [4.69, 9.17) is 5.11 Å². The van der Waals surface area contributed by atoms with E-state index in [0.29, 0.717) is 6.42 Å². The summed E-state index contributed by atoms with van der Waals surface area (Å²) in [5, 5.41) is 28.6. The van der Waals surface area contributed by atoms with E-state index >= 15 is 0 Å². The molecule has 27 heavy (non-hydrogen) atoms. The van der Waals surface area contributed by atoms with Crippen molar-refractivity contribution >= 4 is 11.8 Å². The van der Waals surface area contributed by atoms with E-state index in [1.807, 2.05) is 12.2 Å². The van der Waals surface area contributed by atoms with Crippen LogP contribution in [0.5, 0.6) is 0 Å². The number of allylic oxidation sites excluding steroid dienone is 7. The minimum atomic E-state index is -0.965. The first-order chi connectivity index (χ1) is 13.0.